The number of ether oxygens (including phenoxy) is 1. The second-order valence-electron chi connectivity index (χ2n) is 5.89. The number of amides is 1. The van der Waals surface area contributed by atoms with Gasteiger partial charge in [0, 0.05) is 23.3 Å². The number of para-hydroxylation sites is 1. The molecular weight excluding hydrogens is 357 g/mol. The number of nitrogens with one attached hydrogen (secondary N) is 1. The van der Waals surface area contributed by atoms with Gasteiger partial charge in [0.1, 0.15) is 5.75 Å². The molecule has 0 saturated heterocycles. The fourth-order valence-corrected chi connectivity index (χ4v) is 2.70. The minimum absolute atomic E-state index is 0.113. The van der Waals surface area contributed by atoms with Gasteiger partial charge in [0.15, 0.2) is 0 Å². The molecule has 0 aliphatic rings. The number of fused-ring (bicyclic) bond motifs is 1. The molecular formula is C20H17F3N2O2. The van der Waals surface area contributed by atoms with Crippen LogP contribution in [0.15, 0.2) is 54.7 Å². The molecule has 0 unspecified atom stereocenters. The largest absolute Gasteiger partial charge is 0.494 e. The number of halogens is 3. The first kappa shape index (κ1) is 18.7. The summed E-state index contributed by atoms with van der Waals surface area (Å²) in [5, 5.41) is 2.38. The fraction of sp³-hybridized carbons (Fsp3) is 0.200. The number of benzene rings is 2. The van der Waals surface area contributed by atoms with Crippen LogP contribution in [0.5, 0.6) is 5.75 Å². The van der Waals surface area contributed by atoms with Crippen LogP contribution in [-0.2, 0) is 6.18 Å². The molecule has 3 rings (SSSR count). The molecule has 0 atom stereocenters. The number of rotatable bonds is 5. The minimum Gasteiger partial charge on any atom is -0.494 e. The highest BCUT2D eigenvalue weighted by molar-refractivity contribution is 6.07. The van der Waals surface area contributed by atoms with E-state index in [0.717, 1.165) is 12.6 Å². The molecule has 3 aromatic rings. The Labute approximate surface area is 154 Å². The summed E-state index contributed by atoms with van der Waals surface area (Å²) in [4.78, 5) is 16.5. The first-order valence-corrected chi connectivity index (χ1v) is 8.39. The summed E-state index contributed by atoms with van der Waals surface area (Å²) in [6.45, 7) is 2.46. The lowest BCUT2D eigenvalue weighted by atomic mass is 10.0. The Morgan fingerprint density at radius 3 is 2.67 bits per heavy atom. The van der Waals surface area contributed by atoms with Gasteiger partial charge in [-0.1, -0.05) is 31.2 Å². The Balaban J connectivity index is 1.97. The fourth-order valence-electron chi connectivity index (χ4n) is 2.70. The lowest BCUT2D eigenvalue weighted by Gasteiger charge is -2.15. The van der Waals surface area contributed by atoms with Gasteiger partial charge in [-0.05, 0) is 24.6 Å². The van der Waals surface area contributed by atoms with Crippen LogP contribution in [0.25, 0.3) is 10.9 Å². The minimum atomic E-state index is -4.69. The first-order valence-electron chi connectivity index (χ1n) is 8.39. The number of pyridine rings is 1. The molecule has 0 saturated carbocycles. The highest BCUT2D eigenvalue weighted by atomic mass is 19.4. The van der Waals surface area contributed by atoms with E-state index in [-0.39, 0.29) is 10.9 Å². The van der Waals surface area contributed by atoms with Crippen LogP contribution in [-0.4, -0.2) is 17.5 Å². The highest BCUT2D eigenvalue weighted by Gasteiger charge is 2.37. The predicted octanol–water partition coefficient (Wildman–Crippen LogP) is 5.29. The first-order chi connectivity index (χ1) is 12.9. The molecule has 2 aromatic carbocycles. The molecule has 1 N–H and O–H groups in total. The molecule has 0 aliphatic carbocycles. The lowest BCUT2D eigenvalue weighted by molar-refractivity contribution is -0.136. The van der Waals surface area contributed by atoms with Gasteiger partial charge in [0.25, 0.3) is 5.91 Å². The van der Waals surface area contributed by atoms with Crippen molar-refractivity contribution in [3.05, 3.63) is 65.9 Å². The molecule has 0 spiro atoms. The summed E-state index contributed by atoms with van der Waals surface area (Å²) in [5.41, 5.74) is -1.00. The van der Waals surface area contributed by atoms with Crippen LogP contribution in [0.4, 0.5) is 18.9 Å². The number of anilines is 1. The van der Waals surface area contributed by atoms with E-state index in [1.807, 2.05) is 6.92 Å². The zero-order chi connectivity index (χ0) is 19.4. The summed E-state index contributed by atoms with van der Waals surface area (Å²) < 4.78 is 46.4. The molecule has 1 aromatic heterocycles. The van der Waals surface area contributed by atoms with Crippen molar-refractivity contribution in [1.82, 2.24) is 4.98 Å². The molecule has 1 amide bonds. The van der Waals surface area contributed by atoms with E-state index < -0.39 is 23.2 Å². The summed E-state index contributed by atoms with van der Waals surface area (Å²) >= 11 is 0. The van der Waals surface area contributed by atoms with Crippen LogP contribution in [0.1, 0.15) is 29.3 Å². The van der Waals surface area contributed by atoms with Crippen molar-refractivity contribution in [1.29, 1.82) is 0 Å². The molecule has 0 fully saturated rings. The van der Waals surface area contributed by atoms with E-state index in [1.54, 1.807) is 30.3 Å². The highest BCUT2D eigenvalue weighted by Crippen LogP contribution is 2.37. The number of alkyl halides is 3. The topological polar surface area (TPSA) is 51.2 Å². The van der Waals surface area contributed by atoms with Crippen molar-refractivity contribution in [2.24, 2.45) is 0 Å². The van der Waals surface area contributed by atoms with Gasteiger partial charge in [-0.3, -0.25) is 9.78 Å². The van der Waals surface area contributed by atoms with Crippen LogP contribution in [0.3, 0.4) is 0 Å². The number of hydrogen-bond acceptors (Lipinski definition) is 3. The number of nitrogens with zero attached hydrogens (tertiary/aromatic N) is 1. The third-order valence-electron chi connectivity index (χ3n) is 3.87. The van der Waals surface area contributed by atoms with Crippen LogP contribution < -0.4 is 10.1 Å². The number of aromatic nitrogens is 1. The summed E-state index contributed by atoms with van der Waals surface area (Å²) in [6.07, 6.45) is -2.92. The molecule has 0 radical (unpaired) electrons. The van der Waals surface area contributed by atoms with Gasteiger partial charge in [0.05, 0.1) is 23.3 Å². The monoisotopic (exact) mass is 374 g/mol. The SMILES string of the molecule is CCCOc1cccc(NC(=O)c2cnc3ccccc3c2C(F)(F)F)c1. The standard InChI is InChI=1S/C20H17F3N2O2/c1-2-10-27-14-7-5-6-13(11-14)25-19(26)16-12-24-17-9-4-3-8-15(17)18(16)20(21,22)23/h3-9,11-12H,2,10H2,1H3,(H,25,26). The molecule has 0 aliphatic heterocycles. The van der Waals surface area contributed by atoms with Crippen LogP contribution >= 0.6 is 0 Å². The van der Waals surface area contributed by atoms with Crippen molar-refractivity contribution in [2.75, 3.05) is 11.9 Å². The van der Waals surface area contributed by atoms with Gasteiger partial charge in [-0.15, -0.1) is 0 Å². The lowest BCUT2D eigenvalue weighted by Crippen LogP contribution is -2.19. The van der Waals surface area contributed by atoms with E-state index in [1.165, 1.54) is 18.2 Å². The van der Waals surface area contributed by atoms with Crippen molar-refractivity contribution < 1.29 is 22.7 Å². The number of hydrogen-bond donors (Lipinski definition) is 1. The third-order valence-corrected chi connectivity index (χ3v) is 3.87. The van der Waals surface area contributed by atoms with Crippen molar-refractivity contribution in [2.45, 2.75) is 19.5 Å². The molecule has 140 valence electrons. The van der Waals surface area contributed by atoms with E-state index in [4.69, 9.17) is 4.74 Å². The summed E-state index contributed by atoms with van der Waals surface area (Å²) in [5.74, 6) is -0.351. The third kappa shape index (κ3) is 4.19. The zero-order valence-electron chi connectivity index (χ0n) is 14.5. The Kier molecular flexibility index (Phi) is 5.30. The number of carbonyl (C=O) groups is 1. The van der Waals surface area contributed by atoms with Crippen LogP contribution in [0, 0.1) is 0 Å². The van der Waals surface area contributed by atoms with Gasteiger partial charge >= 0.3 is 6.18 Å². The van der Waals surface area contributed by atoms with E-state index in [0.29, 0.717) is 18.0 Å². The smallest absolute Gasteiger partial charge is 0.417 e. The summed E-state index contributed by atoms with van der Waals surface area (Å²) in [7, 11) is 0. The van der Waals surface area contributed by atoms with Gasteiger partial charge in [-0.2, -0.15) is 13.2 Å². The summed E-state index contributed by atoms with van der Waals surface area (Å²) in [6, 6.07) is 12.4. The Morgan fingerprint density at radius 2 is 1.93 bits per heavy atom. The molecule has 27 heavy (non-hydrogen) atoms. The maximum absolute atomic E-state index is 13.7. The van der Waals surface area contributed by atoms with E-state index in [9.17, 15) is 18.0 Å². The van der Waals surface area contributed by atoms with Crippen LogP contribution in [0.2, 0.25) is 0 Å². The van der Waals surface area contributed by atoms with Crippen molar-refractivity contribution in [3.8, 4) is 5.75 Å². The normalized spacial score (nSPS) is 11.4. The zero-order valence-corrected chi connectivity index (χ0v) is 14.5. The molecule has 1 heterocycles. The Morgan fingerprint density at radius 1 is 1.15 bits per heavy atom. The molecule has 0 bridgehead atoms. The molecule has 4 nitrogen and oxygen atoms in total. The Hall–Kier alpha value is -3.09. The number of carbonyl (C=O) groups excluding carboxylic acids is 1. The quantitative estimate of drug-likeness (QED) is 0.660. The van der Waals surface area contributed by atoms with Gasteiger partial charge < -0.3 is 10.1 Å². The van der Waals surface area contributed by atoms with E-state index >= 15 is 0 Å². The van der Waals surface area contributed by atoms with Gasteiger partial charge in [-0.25, -0.2) is 0 Å². The Bertz CT molecular complexity index is 971. The second kappa shape index (κ2) is 7.65. The van der Waals surface area contributed by atoms with Gasteiger partial charge in [0.2, 0.25) is 0 Å². The van der Waals surface area contributed by atoms with E-state index in [2.05, 4.69) is 10.3 Å². The average molecular weight is 374 g/mol. The maximum Gasteiger partial charge on any atom is 0.417 e. The predicted molar refractivity (Wildman–Crippen MR) is 96.9 cm³/mol. The van der Waals surface area contributed by atoms with Crippen molar-refractivity contribution >= 4 is 22.5 Å². The average Bonchev–Trinajstić information content (AvgIpc) is 2.65. The maximum atomic E-state index is 13.7. The van der Waals surface area contributed by atoms with Crippen molar-refractivity contribution in [3.63, 3.8) is 0 Å². The molecule has 7 heteroatoms. The second-order valence-corrected chi connectivity index (χ2v) is 5.89.